The molecule has 0 aliphatic heterocycles. The average Bonchev–Trinajstić information content (AvgIpc) is 2.80. The van der Waals surface area contributed by atoms with Crippen LogP contribution in [0, 0.1) is 0 Å². The smallest absolute Gasteiger partial charge is 0.251 e. The van der Waals surface area contributed by atoms with Crippen LogP contribution < -0.4 is 25.4 Å². The minimum absolute atomic E-state index is 0. The van der Waals surface area contributed by atoms with E-state index in [0.29, 0.717) is 31.9 Å². The number of nitrogens with zero attached hydrogens (tertiary/aromatic N) is 1. The second-order valence-electron chi connectivity index (χ2n) is 7.08. The van der Waals surface area contributed by atoms with Crippen LogP contribution in [0.4, 0.5) is 0 Å². The number of guanidine groups is 1. The number of ether oxygens (including phenoxy) is 2. The normalized spacial score (nSPS) is 10.7. The minimum Gasteiger partial charge on any atom is -0.490 e. The summed E-state index contributed by atoms with van der Waals surface area (Å²) in [6.45, 7) is 11.7. The van der Waals surface area contributed by atoms with E-state index < -0.39 is 0 Å². The van der Waals surface area contributed by atoms with Crippen molar-refractivity contribution in [3.05, 3.63) is 59.2 Å². The maximum Gasteiger partial charge on any atom is 0.251 e. The Morgan fingerprint density at radius 3 is 2.27 bits per heavy atom. The maximum atomic E-state index is 12.0. The molecule has 0 atom stereocenters. The molecule has 0 aliphatic carbocycles. The van der Waals surface area contributed by atoms with Crippen molar-refractivity contribution >= 4 is 35.8 Å². The Morgan fingerprint density at radius 1 is 0.848 bits per heavy atom. The molecule has 0 unspecified atom stereocenters. The van der Waals surface area contributed by atoms with Gasteiger partial charge in [-0.25, -0.2) is 4.99 Å². The molecule has 3 N–H and O–H groups in total. The van der Waals surface area contributed by atoms with Gasteiger partial charge in [0.25, 0.3) is 5.91 Å². The van der Waals surface area contributed by atoms with Crippen LogP contribution in [0.3, 0.4) is 0 Å². The summed E-state index contributed by atoms with van der Waals surface area (Å²) in [7, 11) is 0. The predicted octanol–water partition coefficient (Wildman–Crippen LogP) is 4.15. The summed E-state index contributed by atoms with van der Waals surface area (Å²) in [5.74, 6) is 2.23. The summed E-state index contributed by atoms with van der Waals surface area (Å²) in [5.41, 5.74) is 2.80. The van der Waals surface area contributed by atoms with Crippen LogP contribution in [0.2, 0.25) is 0 Å². The Hall–Kier alpha value is -2.49. The van der Waals surface area contributed by atoms with Gasteiger partial charge in [-0.2, -0.15) is 0 Å². The van der Waals surface area contributed by atoms with E-state index >= 15 is 0 Å². The van der Waals surface area contributed by atoms with Crippen molar-refractivity contribution in [3.63, 3.8) is 0 Å². The van der Waals surface area contributed by atoms with E-state index in [0.717, 1.165) is 48.1 Å². The molecule has 33 heavy (non-hydrogen) atoms. The number of hydrogen-bond donors (Lipinski definition) is 3. The van der Waals surface area contributed by atoms with Crippen LogP contribution in [0.25, 0.3) is 0 Å². The highest BCUT2D eigenvalue weighted by atomic mass is 127. The standard InChI is InChI=1S/C25H36N4O3.HI/c1-5-26-24(30)21-11-9-10-20(16-21)18-29-25(27-6-2)28-15-14-19-12-13-22(31-7-3)23(17-19)32-8-4;/h9-13,16-17H,5-8,14-15,18H2,1-4H3,(H,26,30)(H2,27,28,29);1H. The summed E-state index contributed by atoms with van der Waals surface area (Å²) in [5, 5.41) is 9.47. The molecule has 2 rings (SSSR count). The fourth-order valence-electron chi connectivity index (χ4n) is 3.16. The molecule has 182 valence electrons. The number of nitrogens with one attached hydrogen (secondary N) is 3. The summed E-state index contributed by atoms with van der Waals surface area (Å²) < 4.78 is 11.4. The zero-order chi connectivity index (χ0) is 23.2. The van der Waals surface area contributed by atoms with E-state index in [1.807, 2.05) is 64.1 Å². The first-order valence-corrected chi connectivity index (χ1v) is 11.4. The van der Waals surface area contributed by atoms with Gasteiger partial charge in [0.1, 0.15) is 0 Å². The van der Waals surface area contributed by atoms with Crippen LogP contribution >= 0.6 is 24.0 Å². The maximum absolute atomic E-state index is 12.0. The molecule has 0 spiro atoms. The largest absolute Gasteiger partial charge is 0.490 e. The Bertz CT molecular complexity index is 890. The van der Waals surface area contributed by atoms with Gasteiger partial charge in [-0.05, 0) is 69.5 Å². The van der Waals surface area contributed by atoms with Crippen LogP contribution in [0.15, 0.2) is 47.5 Å². The van der Waals surface area contributed by atoms with E-state index in [2.05, 4.69) is 27.0 Å². The van der Waals surface area contributed by atoms with Gasteiger partial charge in [-0.15, -0.1) is 24.0 Å². The highest BCUT2D eigenvalue weighted by Crippen LogP contribution is 2.28. The van der Waals surface area contributed by atoms with Crippen molar-refractivity contribution in [2.24, 2.45) is 4.99 Å². The molecular weight excluding hydrogens is 531 g/mol. The zero-order valence-corrected chi connectivity index (χ0v) is 22.4. The lowest BCUT2D eigenvalue weighted by Gasteiger charge is -2.14. The first kappa shape index (κ1) is 28.5. The Kier molecular flexibility index (Phi) is 14.0. The third-order valence-corrected chi connectivity index (χ3v) is 4.60. The van der Waals surface area contributed by atoms with Crippen molar-refractivity contribution in [3.8, 4) is 11.5 Å². The summed E-state index contributed by atoms with van der Waals surface area (Å²) >= 11 is 0. The molecule has 0 aromatic heterocycles. The van der Waals surface area contributed by atoms with Crippen LogP contribution in [0.5, 0.6) is 11.5 Å². The van der Waals surface area contributed by atoms with E-state index in [4.69, 9.17) is 9.47 Å². The molecule has 0 fully saturated rings. The second-order valence-corrected chi connectivity index (χ2v) is 7.08. The molecule has 7 nitrogen and oxygen atoms in total. The summed E-state index contributed by atoms with van der Waals surface area (Å²) in [6, 6.07) is 13.6. The average molecular weight is 569 g/mol. The van der Waals surface area contributed by atoms with Crippen LogP contribution in [-0.2, 0) is 13.0 Å². The molecule has 0 heterocycles. The lowest BCUT2D eigenvalue weighted by molar-refractivity contribution is 0.0955. The zero-order valence-electron chi connectivity index (χ0n) is 20.1. The fraction of sp³-hybridized carbons (Fsp3) is 0.440. The SMILES string of the molecule is CCNC(=O)c1cccc(CN=C(NCC)NCCc2ccc(OCC)c(OCC)c2)c1.I. The number of carbonyl (C=O) groups is 1. The van der Waals surface area contributed by atoms with Gasteiger partial charge in [0.15, 0.2) is 17.5 Å². The van der Waals surface area contributed by atoms with Crippen molar-refractivity contribution in [1.29, 1.82) is 0 Å². The lowest BCUT2D eigenvalue weighted by atomic mass is 10.1. The quantitative estimate of drug-likeness (QED) is 0.204. The topological polar surface area (TPSA) is 84.0 Å². The van der Waals surface area contributed by atoms with Crippen molar-refractivity contribution < 1.29 is 14.3 Å². The molecule has 8 heteroatoms. The van der Waals surface area contributed by atoms with Crippen molar-refractivity contribution in [2.75, 3.05) is 32.8 Å². The van der Waals surface area contributed by atoms with Gasteiger partial charge in [0.05, 0.1) is 19.8 Å². The molecule has 2 aromatic rings. The molecule has 0 radical (unpaired) electrons. The molecule has 0 saturated heterocycles. The van der Waals surface area contributed by atoms with Gasteiger partial charge < -0.3 is 25.4 Å². The monoisotopic (exact) mass is 568 g/mol. The third kappa shape index (κ3) is 9.89. The van der Waals surface area contributed by atoms with Gasteiger partial charge in [-0.1, -0.05) is 18.2 Å². The minimum atomic E-state index is -0.0647. The molecule has 0 saturated carbocycles. The van der Waals surface area contributed by atoms with Crippen molar-refractivity contribution in [1.82, 2.24) is 16.0 Å². The highest BCUT2D eigenvalue weighted by Gasteiger charge is 2.07. The summed E-state index contributed by atoms with van der Waals surface area (Å²) in [4.78, 5) is 16.7. The lowest BCUT2D eigenvalue weighted by Crippen LogP contribution is -2.38. The number of benzene rings is 2. The van der Waals surface area contributed by atoms with Crippen molar-refractivity contribution in [2.45, 2.75) is 40.7 Å². The van der Waals surface area contributed by atoms with Crippen LogP contribution in [0.1, 0.15) is 49.2 Å². The number of carbonyl (C=O) groups excluding carboxylic acids is 1. The van der Waals surface area contributed by atoms with Gasteiger partial charge in [0, 0.05) is 25.2 Å². The summed E-state index contributed by atoms with van der Waals surface area (Å²) in [6.07, 6.45) is 0.823. The molecule has 2 aromatic carbocycles. The predicted molar refractivity (Wildman–Crippen MR) is 145 cm³/mol. The third-order valence-electron chi connectivity index (χ3n) is 4.60. The van der Waals surface area contributed by atoms with E-state index in [1.54, 1.807) is 0 Å². The highest BCUT2D eigenvalue weighted by molar-refractivity contribution is 14.0. The Morgan fingerprint density at radius 2 is 1.58 bits per heavy atom. The number of amides is 1. The molecule has 0 aliphatic rings. The van der Waals surface area contributed by atoms with E-state index in [1.165, 1.54) is 0 Å². The van der Waals surface area contributed by atoms with Crippen LogP contribution in [-0.4, -0.2) is 44.7 Å². The molecule has 0 bridgehead atoms. The molecule has 1 amide bonds. The number of rotatable bonds is 12. The van der Waals surface area contributed by atoms with E-state index in [9.17, 15) is 4.79 Å². The second kappa shape index (κ2) is 16.2. The number of halogens is 1. The molecular formula is C25H37IN4O3. The Balaban J connectivity index is 0.00000544. The fourth-order valence-corrected chi connectivity index (χ4v) is 3.16. The van der Waals surface area contributed by atoms with Gasteiger partial charge in [-0.3, -0.25) is 4.79 Å². The first-order valence-electron chi connectivity index (χ1n) is 11.4. The Labute approximate surface area is 214 Å². The van der Waals surface area contributed by atoms with E-state index in [-0.39, 0.29) is 29.9 Å². The number of aliphatic imine (C=N–C) groups is 1. The van der Waals surface area contributed by atoms with Gasteiger partial charge in [0.2, 0.25) is 0 Å². The number of hydrogen-bond acceptors (Lipinski definition) is 4. The van der Waals surface area contributed by atoms with Gasteiger partial charge >= 0.3 is 0 Å². The first-order chi connectivity index (χ1) is 15.6.